The Bertz CT molecular complexity index is 1370. The largest absolute Gasteiger partial charge is 0.392 e. The second-order valence-electron chi connectivity index (χ2n) is 10.6. The zero-order chi connectivity index (χ0) is 31.3. The molecule has 44 heavy (non-hydrogen) atoms. The summed E-state index contributed by atoms with van der Waals surface area (Å²) >= 11 is 1.67. The number of hydrogen-bond acceptors (Lipinski definition) is 8. The van der Waals surface area contributed by atoms with Crippen LogP contribution < -0.4 is 16.1 Å². The molecule has 11 heteroatoms. The Morgan fingerprint density at radius 1 is 0.795 bits per heavy atom. The van der Waals surface area contributed by atoms with Gasteiger partial charge < -0.3 is 25.2 Å². The first-order chi connectivity index (χ1) is 21.3. The molecule has 0 unspecified atom stereocenters. The van der Waals surface area contributed by atoms with Crippen molar-refractivity contribution in [2.75, 3.05) is 16.4 Å². The molecule has 3 aromatic carbocycles. The monoisotopic (exact) mass is 621 g/mol. The van der Waals surface area contributed by atoms with E-state index in [0.29, 0.717) is 43.5 Å². The number of hydroxylamine groups is 1. The maximum Gasteiger partial charge on any atom is 0.243 e. The van der Waals surface area contributed by atoms with E-state index in [1.54, 1.807) is 17.2 Å². The summed E-state index contributed by atoms with van der Waals surface area (Å²) in [6, 6.07) is 22.9. The van der Waals surface area contributed by atoms with E-state index in [0.717, 1.165) is 27.3 Å². The lowest BCUT2D eigenvalue weighted by Crippen LogP contribution is -2.31. The fourth-order valence-electron chi connectivity index (χ4n) is 4.80. The van der Waals surface area contributed by atoms with Crippen LogP contribution in [-0.2, 0) is 30.5 Å². The van der Waals surface area contributed by atoms with Crippen molar-refractivity contribution in [1.29, 1.82) is 0 Å². The molecule has 0 saturated carbocycles. The number of benzene rings is 3. The molecule has 1 saturated heterocycles. The number of rotatable bonds is 14. The summed E-state index contributed by atoms with van der Waals surface area (Å²) < 4.78 is 12.8. The maximum absolute atomic E-state index is 12.4. The van der Waals surface area contributed by atoms with Gasteiger partial charge in [0, 0.05) is 53.8 Å². The Balaban J connectivity index is 1.37. The Labute approximate surface area is 261 Å². The maximum atomic E-state index is 12.4. The van der Waals surface area contributed by atoms with Crippen LogP contribution in [0.5, 0.6) is 0 Å². The van der Waals surface area contributed by atoms with Crippen LogP contribution in [0.3, 0.4) is 0 Å². The van der Waals surface area contributed by atoms with E-state index in [2.05, 4.69) is 10.6 Å². The second kappa shape index (κ2) is 16.9. The molecule has 0 bridgehead atoms. The average Bonchev–Trinajstić information content (AvgIpc) is 3.04. The third-order valence-electron chi connectivity index (χ3n) is 7.12. The summed E-state index contributed by atoms with van der Waals surface area (Å²) in [5.74, 6) is 0.0530. The lowest BCUT2D eigenvalue weighted by atomic mass is 10.0. The molecule has 0 aromatic heterocycles. The molecule has 0 radical (unpaired) electrons. The van der Waals surface area contributed by atoms with Gasteiger partial charge in [-0.2, -0.15) is 0 Å². The first kappa shape index (κ1) is 33.2. The zero-order valence-electron chi connectivity index (χ0n) is 24.7. The average molecular weight is 622 g/mol. The number of unbranched alkanes of at least 4 members (excludes halogenated alkanes) is 2. The number of thioether (sulfide) groups is 1. The summed E-state index contributed by atoms with van der Waals surface area (Å²) in [5.41, 5.74) is 5.69. The Kier molecular flexibility index (Phi) is 12.8. The molecule has 1 fully saturated rings. The first-order valence-corrected chi connectivity index (χ1v) is 15.7. The van der Waals surface area contributed by atoms with E-state index in [1.807, 2.05) is 72.8 Å². The van der Waals surface area contributed by atoms with Gasteiger partial charge in [-0.05, 0) is 60.4 Å². The minimum absolute atomic E-state index is 0.0240. The van der Waals surface area contributed by atoms with Gasteiger partial charge in [-0.1, -0.05) is 42.8 Å². The standard InChI is InChI=1S/C33H39N3O7S/c1-22(38)34-26-15-17-29(18-16-26)44-21-28-19-30(24-9-7-23(20-37)8-10-24)43-33(42-28)25-11-13-27(14-12-25)35-31(39)5-3-2-4-6-32(40)36-41/h7-18,28,30,33,37,41H,2-6,19-21H2,1H3,(H,34,38)(H,35,39)(H,36,40)/t28-,30+,33+/m0/s1. The number of carbonyl (C=O) groups is 3. The van der Waals surface area contributed by atoms with Gasteiger partial charge in [-0.25, -0.2) is 5.48 Å². The number of ether oxygens (including phenoxy) is 2. The molecule has 234 valence electrons. The van der Waals surface area contributed by atoms with Crippen LogP contribution in [0, 0.1) is 0 Å². The summed E-state index contributed by atoms with van der Waals surface area (Å²) in [6.45, 7) is 1.46. The molecule has 3 amide bonds. The van der Waals surface area contributed by atoms with Gasteiger partial charge in [0.25, 0.3) is 0 Å². The molecule has 0 spiro atoms. The number of aliphatic hydroxyl groups excluding tert-OH is 1. The minimum atomic E-state index is -0.611. The van der Waals surface area contributed by atoms with Crippen LogP contribution in [0.4, 0.5) is 11.4 Å². The summed E-state index contributed by atoms with van der Waals surface area (Å²) in [7, 11) is 0. The van der Waals surface area contributed by atoms with Crippen molar-refractivity contribution < 1.29 is 34.2 Å². The number of carbonyl (C=O) groups excluding carboxylic acids is 3. The highest BCUT2D eigenvalue weighted by Gasteiger charge is 2.32. The van der Waals surface area contributed by atoms with Crippen LogP contribution in [0.2, 0.25) is 0 Å². The highest BCUT2D eigenvalue weighted by Crippen LogP contribution is 2.39. The smallest absolute Gasteiger partial charge is 0.243 e. The molecular weight excluding hydrogens is 582 g/mol. The van der Waals surface area contributed by atoms with Crippen molar-refractivity contribution >= 4 is 40.9 Å². The molecule has 10 nitrogen and oxygen atoms in total. The highest BCUT2D eigenvalue weighted by atomic mass is 32.2. The molecule has 3 atom stereocenters. The number of amides is 3. The predicted octanol–water partition coefficient (Wildman–Crippen LogP) is 5.87. The van der Waals surface area contributed by atoms with Crippen LogP contribution in [-0.4, -0.2) is 39.9 Å². The van der Waals surface area contributed by atoms with Crippen LogP contribution in [0.1, 0.15) is 74.5 Å². The molecule has 4 rings (SSSR count). The van der Waals surface area contributed by atoms with Gasteiger partial charge in [0.15, 0.2) is 6.29 Å². The van der Waals surface area contributed by atoms with E-state index < -0.39 is 12.2 Å². The molecule has 1 aliphatic heterocycles. The van der Waals surface area contributed by atoms with Crippen LogP contribution in [0.25, 0.3) is 0 Å². The van der Waals surface area contributed by atoms with Crippen LogP contribution in [0.15, 0.2) is 77.7 Å². The van der Waals surface area contributed by atoms with Crippen molar-refractivity contribution in [2.45, 2.75) is 75.4 Å². The van der Waals surface area contributed by atoms with Gasteiger partial charge >= 0.3 is 0 Å². The van der Waals surface area contributed by atoms with Gasteiger partial charge in [-0.15, -0.1) is 11.8 Å². The molecule has 5 N–H and O–H groups in total. The van der Waals surface area contributed by atoms with Crippen molar-refractivity contribution in [1.82, 2.24) is 5.48 Å². The quantitative estimate of drug-likeness (QED) is 0.0650. The molecule has 1 heterocycles. The second-order valence-corrected chi connectivity index (χ2v) is 11.7. The van der Waals surface area contributed by atoms with E-state index in [1.165, 1.54) is 6.92 Å². The molecular formula is C33H39N3O7S. The Morgan fingerprint density at radius 2 is 1.41 bits per heavy atom. The fraction of sp³-hybridized carbons (Fsp3) is 0.364. The van der Waals surface area contributed by atoms with E-state index in [9.17, 15) is 19.5 Å². The number of nitrogens with one attached hydrogen (secondary N) is 3. The van der Waals surface area contributed by atoms with E-state index in [-0.39, 0.29) is 37.0 Å². The molecule has 3 aromatic rings. The van der Waals surface area contributed by atoms with Crippen molar-refractivity contribution in [3.8, 4) is 0 Å². The van der Waals surface area contributed by atoms with Gasteiger partial charge in [0.2, 0.25) is 17.7 Å². The van der Waals surface area contributed by atoms with E-state index in [4.69, 9.17) is 14.7 Å². The summed E-state index contributed by atoms with van der Waals surface area (Å²) in [4.78, 5) is 35.8. The van der Waals surface area contributed by atoms with Gasteiger partial charge in [-0.3, -0.25) is 19.6 Å². The summed E-state index contributed by atoms with van der Waals surface area (Å²) in [5, 5.41) is 23.7. The third-order valence-corrected chi connectivity index (χ3v) is 8.27. The van der Waals surface area contributed by atoms with Crippen molar-refractivity contribution in [3.05, 3.63) is 89.5 Å². The Hall–Kier alpha value is -3.74. The number of anilines is 2. The first-order valence-electron chi connectivity index (χ1n) is 14.7. The molecule has 0 aliphatic carbocycles. The zero-order valence-corrected chi connectivity index (χ0v) is 25.5. The minimum Gasteiger partial charge on any atom is -0.392 e. The fourth-order valence-corrected chi connectivity index (χ4v) is 5.72. The van der Waals surface area contributed by atoms with Gasteiger partial charge in [0.1, 0.15) is 0 Å². The topological polar surface area (TPSA) is 146 Å². The molecule has 1 aliphatic rings. The normalized spacial score (nSPS) is 17.9. The van der Waals surface area contributed by atoms with E-state index >= 15 is 0 Å². The Morgan fingerprint density at radius 3 is 2.05 bits per heavy atom. The lowest BCUT2D eigenvalue weighted by molar-refractivity contribution is -0.245. The van der Waals surface area contributed by atoms with Crippen molar-refractivity contribution in [2.24, 2.45) is 0 Å². The number of aliphatic hydroxyl groups is 1. The lowest BCUT2D eigenvalue weighted by Gasteiger charge is -2.36. The number of hydrogen-bond donors (Lipinski definition) is 5. The summed E-state index contributed by atoms with van der Waals surface area (Å²) in [6.07, 6.45) is 2.25. The predicted molar refractivity (Wildman–Crippen MR) is 168 cm³/mol. The highest BCUT2D eigenvalue weighted by molar-refractivity contribution is 7.99. The SMILES string of the molecule is CC(=O)Nc1ccc(SC[C@@H]2C[C@H](c3ccc(CO)cc3)O[C@H](c3ccc(NC(=O)CCCCCC(=O)NO)cc3)O2)cc1. The third kappa shape index (κ3) is 10.5. The van der Waals surface area contributed by atoms with Crippen molar-refractivity contribution in [3.63, 3.8) is 0 Å². The van der Waals surface area contributed by atoms with Crippen LogP contribution >= 0.6 is 11.8 Å². The van der Waals surface area contributed by atoms with Gasteiger partial charge in [0.05, 0.1) is 18.8 Å².